The Hall–Kier alpha value is -3.54. The summed E-state index contributed by atoms with van der Waals surface area (Å²) in [6, 6.07) is 19.1. The largest absolute Gasteiger partial charge is 0.497 e. The molecule has 0 aliphatic carbocycles. The lowest BCUT2D eigenvalue weighted by Crippen LogP contribution is -2.43. The highest BCUT2D eigenvalue weighted by atomic mass is 16.5. The van der Waals surface area contributed by atoms with Crippen LogP contribution in [0.1, 0.15) is 41.7 Å². The van der Waals surface area contributed by atoms with Crippen LogP contribution in [0.4, 0.5) is 0 Å². The van der Waals surface area contributed by atoms with Gasteiger partial charge in [0.15, 0.2) is 0 Å². The minimum atomic E-state index is -0.200. The van der Waals surface area contributed by atoms with E-state index in [1.807, 2.05) is 72.5 Å². The summed E-state index contributed by atoms with van der Waals surface area (Å²) in [7, 11) is 3.21. The molecule has 1 N–H and O–H groups in total. The molecule has 1 heterocycles. The van der Waals surface area contributed by atoms with Gasteiger partial charge < -0.3 is 19.7 Å². The number of nitrogens with zero attached hydrogens (tertiary/aromatic N) is 1. The number of rotatable bonds is 6. The van der Waals surface area contributed by atoms with Crippen LogP contribution >= 0.6 is 0 Å². The third-order valence-corrected chi connectivity index (χ3v) is 6.44. The van der Waals surface area contributed by atoms with Crippen molar-refractivity contribution < 1.29 is 19.1 Å². The average Bonchev–Trinajstić information content (AvgIpc) is 2.87. The Balaban J connectivity index is 1.38. The van der Waals surface area contributed by atoms with Crippen molar-refractivity contribution in [3.63, 3.8) is 0 Å². The number of fused-ring (bicyclic) bond motifs is 1. The molecule has 1 atom stereocenters. The van der Waals surface area contributed by atoms with Crippen LogP contribution in [-0.4, -0.2) is 44.0 Å². The summed E-state index contributed by atoms with van der Waals surface area (Å²) in [6.07, 6.45) is 1.30. The Kier molecular flexibility index (Phi) is 6.82. The third kappa shape index (κ3) is 4.80. The van der Waals surface area contributed by atoms with Crippen LogP contribution in [-0.2, 0) is 4.79 Å². The van der Waals surface area contributed by atoms with E-state index in [0.29, 0.717) is 37.4 Å². The molecule has 3 aromatic rings. The standard InChI is InChI=1S/C27H30N2O4/c1-18(22-12-11-21(32-2)17-25(22)33-3)28-26(30)20-13-15-29(16-14-20)27(31)24-10-6-8-19-7-4-5-9-23(19)24/h4-12,17-18,20H,13-16H2,1-3H3,(H,28,30). The van der Waals surface area contributed by atoms with Gasteiger partial charge in [0.1, 0.15) is 11.5 Å². The van der Waals surface area contributed by atoms with Gasteiger partial charge in [0.2, 0.25) is 5.91 Å². The summed E-state index contributed by atoms with van der Waals surface area (Å²) in [5.41, 5.74) is 1.62. The molecular weight excluding hydrogens is 416 g/mol. The van der Waals surface area contributed by atoms with E-state index in [2.05, 4.69) is 5.32 Å². The van der Waals surface area contributed by atoms with Gasteiger partial charge in [-0.1, -0.05) is 36.4 Å². The molecule has 0 aromatic heterocycles. The van der Waals surface area contributed by atoms with Gasteiger partial charge in [-0.25, -0.2) is 0 Å². The maximum absolute atomic E-state index is 13.2. The number of hydrogen-bond donors (Lipinski definition) is 1. The Labute approximate surface area is 194 Å². The van der Waals surface area contributed by atoms with Crippen molar-refractivity contribution >= 4 is 22.6 Å². The van der Waals surface area contributed by atoms with Crippen molar-refractivity contribution in [2.75, 3.05) is 27.3 Å². The Morgan fingerprint density at radius 3 is 2.42 bits per heavy atom. The second kappa shape index (κ2) is 9.94. The summed E-state index contributed by atoms with van der Waals surface area (Å²) in [5.74, 6) is 1.31. The topological polar surface area (TPSA) is 67.9 Å². The van der Waals surface area contributed by atoms with Gasteiger partial charge in [-0.15, -0.1) is 0 Å². The van der Waals surface area contributed by atoms with Crippen LogP contribution in [0, 0.1) is 5.92 Å². The van der Waals surface area contributed by atoms with E-state index in [9.17, 15) is 9.59 Å². The van der Waals surface area contributed by atoms with Crippen LogP contribution in [0.15, 0.2) is 60.7 Å². The van der Waals surface area contributed by atoms with E-state index in [1.54, 1.807) is 14.2 Å². The summed E-state index contributed by atoms with van der Waals surface area (Å²) in [4.78, 5) is 28.0. The van der Waals surface area contributed by atoms with Gasteiger partial charge >= 0.3 is 0 Å². The Morgan fingerprint density at radius 1 is 0.970 bits per heavy atom. The summed E-state index contributed by atoms with van der Waals surface area (Å²) < 4.78 is 10.7. The van der Waals surface area contributed by atoms with E-state index >= 15 is 0 Å². The van der Waals surface area contributed by atoms with Gasteiger partial charge in [0.25, 0.3) is 5.91 Å². The zero-order chi connectivity index (χ0) is 23.4. The Bertz CT molecular complexity index is 1150. The molecule has 1 unspecified atom stereocenters. The lowest BCUT2D eigenvalue weighted by molar-refractivity contribution is -0.127. The van der Waals surface area contributed by atoms with Crippen LogP contribution < -0.4 is 14.8 Å². The number of methoxy groups -OCH3 is 2. The normalized spacial score (nSPS) is 15.2. The van der Waals surface area contributed by atoms with Crippen molar-refractivity contribution in [2.45, 2.75) is 25.8 Å². The zero-order valence-electron chi connectivity index (χ0n) is 19.3. The first-order valence-electron chi connectivity index (χ1n) is 11.3. The van der Waals surface area contributed by atoms with Crippen molar-refractivity contribution in [3.8, 4) is 11.5 Å². The molecule has 33 heavy (non-hydrogen) atoms. The van der Waals surface area contributed by atoms with Gasteiger partial charge in [-0.05, 0) is 48.7 Å². The Morgan fingerprint density at radius 2 is 1.70 bits per heavy atom. The molecule has 3 aromatic carbocycles. The number of benzene rings is 3. The van der Waals surface area contributed by atoms with E-state index in [-0.39, 0.29) is 23.8 Å². The number of amides is 2. The molecule has 1 aliphatic rings. The highest BCUT2D eigenvalue weighted by molar-refractivity contribution is 6.07. The predicted molar refractivity (Wildman–Crippen MR) is 129 cm³/mol. The van der Waals surface area contributed by atoms with Crippen molar-refractivity contribution in [1.29, 1.82) is 0 Å². The third-order valence-electron chi connectivity index (χ3n) is 6.44. The second-order valence-electron chi connectivity index (χ2n) is 8.43. The number of carbonyl (C=O) groups excluding carboxylic acids is 2. The highest BCUT2D eigenvalue weighted by Gasteiger charge is 2.29. The molecule has 6 nitrogen and oxygen atoms in total. The smallest absolute Gasteiger partial charge is 0.254 e. The number of nitrogens with one attached hydrogen (secondary N) is 1. The molecule has 2 amide bonds. The molecule has 0 saturated carbocycles. The number of piperidine rings is 1. The first kappa shape index (κ1) is 22.6. The number of hydrogen-bond acceptors (Lipinski definition) is 4. The highest BCUT2D eigenvalue weighted by Crippen LogP contribution is 2.30. The molecule has 0 radical (unpaired) electrons. The van der Waals surface area contributed by atoms with E-state index in [4.69, 9.17) is 9.47 Å². The number of likely N-dealkylation sites (tertiary alicyclic amines) is 1. The molecule has 4 rings (SSSR count). The van der Waals surface area contributed by atoms with Gasteiger partial charge in [-0.2, -0.15) is 0 Å². The van der Waals surface area contributed by atoms with Gasteiger partial charge in [0, 0.05) is 36.2 Å². The maximum Gasteiger partial charge on any atom is 0.254 e. The van der Waals surface area contributed by atoms with Crippen LogP contribution in [0.5, 0.6) is 11.5 Å². The average molecular weight is 447 g/mol. The lowest BCUT2D eigenvalue weighted by Gasteiger charge is -2.32. The van der Waals surface area contributed by atoms with E-state index in [1.165, 1.54) is 0 Å². The summed E-state index contributed by atoms with van der Waals surface area (Å²) >= 11 is 0. The SMILES string of the molecule is COc1ccc(C(C)NC(=O)C2CCN(C(=O)c3cccc4ccccc34)CC2)c(OC)c1. The van der Waals surface area contributed by atoms with Gasteiger partial charge in [-0.3, -0.25) is 9.59 Å². The van der Waals surface area contributed by atoms with Crippen molar-refractivity contribution in [1.82, 2.24) is 10.2 Å². The predicted octanol–water partition coefficient (Wildman–Crippen LogP) is 4.59. The van der Waals surface area contributed by atoms with E-state index in [0.717, 1.165) is 21.9 Å². The van der Waals surface area contributed by atoms with Crippen molar-refractivity contribution in [3.05, 3.63) is 71.8 Å². The van der Waals surface area contributed by atoms with Gasteiger partial charge in [0.05, 0.1) is 20.3 Å². The van der Waals surface area contributed by atoms with E-state index < -0.39 is 0 Å². The first-order valence-corrected chi connectivity index (χ1v) is 11.3. The minimum absolute atomic E-state index is 0.0117. The molecule has 0 bridgehead atoms. The van der Waals surface area contributed by atoms with Crippen LogP contribution in [0.25, 0.3) is 10.8 Å². The van der Waals surface area contributed by atoms with Crippen molar-refractivity contribution in [2.24, 2.45) is 5.92 Å². The second-order valence-corrected chi connectivity index (χ2v) is 8.43. The lowest BCUT2D eigenvalue weighted by atomic mass is 9.94. The summed E-state index contributed by atoms with van der Waals surface area (Å²) in [5, 5.41) is 5.14. The minimum Gasteiger partial charge on any atom is -0.497 e. The fourth-order valence-electron chi connectivity index (χ4n) is 4.51. The fraction of sp³-hybridized carbons (Fsp3) is 0.333. The maximum atomic E-state index is 13.2. The fourth-order valence-corrected chi connectivity index (χ4v) is 4.51. The molecule has 172 valence electrons. The zero-order valence-corrected chi connectivity index (χ0v) is 19.3. The molecule has 0 spiro atoms. The first-order chi connectivity index (χ1) is 16.0. The molecule has 1 aliphatic heterocycles. The monoisotopic (exact) mass is 446 g/mol. The molecule has 1 fully saturated rings. The molecule has 6 heteroatoms. The molecular formula is C27H30N2O4. The molecule has 1 saturated heterocycles. The van der Waals surface area contributed by atoms with Crippen LogP contribution in [0.2, 0.25) is 0 Å². The summed E-state index contributed by atoms with van der Waals surface area (Å²) in [6.45, 7) is 3.09. The quantitative estimate of drug-likeness (QED) is 0.602. The number of ether oxygens (including phenoxy) is 2. The number of carbonyl (C=O) groups is 2. The van der Waals surface area contributed by atoms with Crippen LogP contribution in [0.3, 0.4) is 0 Å².